The highest BCUT2D eigenvalue weighted by Gasteiger charge is 2.53. The van der Waals surface area contributed by atoms with Gasteiger partial charge in [-0.3, -0.25) is 0 Å². The highest BCUT2D eigenvalue weighted by atomic mass is 35.5. The summed E-state index contributed by atoms with van der Waals surface area (Å²) in [5.41, 5.74) is -0.385. The number of aliphatic hydroxyl groups is 1. The van der Waals surface area contributed by atoms with Crippen molar-refractivity contribution in [3.8, 4) is 0 Å². The third kappa shape index (κ3) is 4.09. The van der Waals surface area contributed by atoms with Crippen molar-refractivity contribution in [2.75, 3.05) is 29.4 Å². The molecule has 2 aliphatic rings. The molecule has 0 radical (unpaired) electrons. The number of aromatic nitrogens is 4. The molecule has 1 aliphatic carbocycles. The van der Waals surface area contributed by atoms with Gasteiger partial charge in [0.25, 0.3) is 10.0 Å². The molecule has 0 atom stereocenters. The Morgan fingerprint density at radius 3 is 2.37 bits per heavy atom. The fourth-order valence-corrected chi connectivity index (χ4v) is 6.64. The van der Waals surface area contributed by atoms with E-state index in [-0.39, 0.29) is 10.4 Å². The molecule has 9 nitrogen and oxygen atoms in total. The molecule has 38 heavy (non-hydrogen) atoms. The highest BCUT2D eigenvalue weighted by Crippen LogP contribution is 2.49. The fraction of sp³-hybridized carbons (Fsp3) is 0.346. The number of rotatable bonds is 5. The van der Waals surface area contributed by atoms with E-state index in [9.17, 15) is 17.9 Å². The van der Waals surface area contributed by atoms with Crippen molar-refractivity contribution in [3.63, 3.8) is 0 Å². The minimum atomic E-state index is -4.06. The number of fused-ring (bicyclic) bond motifs is 1. The lowest BCUT2D eigenvalue weighted by Crippen LogP contribution is -2.56. The van der Waals surface area contributed by atoms with Gasteiger partial charge in [0.15, 0.2) is 11.6 Å². The molecule has 2 aromatic carbocycles. The minimum Gasteiger partial charge on any atom is -0.386 e. The second-order valence-electron chi connectivity index (χ2n) is 10.4. The molecule has 1 N–H and O–H groups in total. The van der Waals surface area contributed by atoms with E-state index in [4.69, 9.17) is 11.6 Å². The topological polar surface area (TPSA) is 104 Å². The van der Waals surface area contributed by atoms with E-state index in [1.54, 1.807) is 44.2 Å². The zero-order valence-corrected chi connectivity index (χ0v) is 22.4. The first-order chi connectivity index (χ1) is 18.0. The van der Waals surface area contributed by atoms with Crippen LogP contribution in [0.5, 0.6) is 0 Å². The SMILES string of the molecule is CC(C)(O)c1ccc(S(=O)(=O)n2nc(N3CCN(c4ncc(F)cn4)CC34CC4)c3c(Cl)cccc32)cc1. The molecule has 4 aromatic rings. The second kappa shape index (κ2) is 8.62. The van der Waals surface area contributed by atoms with Crippen LogP contribution in [-0.4, -0.2) is 57.9 Å². The summed E-state index contributed by atoms with van der Waals surface area (Å²) in [7, 11) is -4.06. The van der Waals surface area contributed by atoms with Gasteiger partial charge >= 0.3 is 0 Å². The third-order valence-electron chi connectivity index (χ3n) is 7.32. The van der Waals surface area contributed by atoms with Gasteiger partial charge in [0, 0.05) is 19.6 Å². The van der Waals surface area contributed by atoms with Gasteiger partial charge in [0.05, 0.1) is 44.4 Å². The summed E-state index contributed by atoms with van der Waals surface area (Å²) < 4.78 is 42.0. The monoisotopic (exact) mass is 556 g/mol. The first-order valence-electron chi connectivity index (χ1n) is 12.3. The molecular formula is C26H26ClFN6O3S. The Labute approximate surface area is 224 Å². The molecule has 1 saturated carbocycles. The number of hydrogen-bond acceptors (Lipinski definition) is 8. The van der Waals surface area contributed by atoms with Crippen LogP contribution in [0.15, 0.2) is 59.8 Å². The first kappa shape index (κ1) is 25.0. The Bertz CT molecular complexity index is 1630. The van der Waals surface area contributed by atoms with Crippen molar-refractivity contribution in [1.29, 1.82) is 0 Å². The van der Waals surface area contributed by atoms with Gasteiger partial charge in [-0.05, 0) is 56.5 Å². The molecule has 6 rings (SSSR count). The maximum Gasteiger partial charge on any atom is 0.283 e. The van der Waals surface area contributed by atoms with Crippen LogP contribution < -0.4 is 9.80 Å². The molecule has 3 heterocycles. The molecule has 1 aliphatic heterocycles. The van der Waals surface area contributed by atoms with Gasteiger partial charge in [-0.2, -0.15) is 12.5 Å². The second-order valence-corrected chi connectivity index (χ2v) is 12.6. The van der Waals surface area contributed by atoms with E-state index in [0.717, 1.165) is 29.3 Å². The quantitative estimate of drug-likeness (QED) is 0.394. The van der Waals surface area contributed by atoms with Crippen LogP contribution in [0.25, 0.3) is 10.9 Å². The van der Waals surface area contributed by atoms with Crippen molar-refractivity contribution >= 4 is 44.3 Å². The smallest absolute Gasteiger partial charge is 0.283 e. The van der Waals surface area contributed by atoms with Crippen molar-refractivity contribution in [1.82, 2.24) is 19.2 Å². The Morgan fingerprint density at radius 2 is 1.74 bits per heavy atom. The lowest BCUT2D eigenvalue weighted by molar-refractivity contribution is 0.0785. The molecule has 2 fully saturated rings. The average molecular weight is 557 g/mol. The zero-order valence-electron chi connectivity index (χ0n) is 20.8. The van der Waals surface area contributed by atoms with Gasteiger partial charge in [-0.25, -0.2) is 14.4 Å². The summed E-state index contributed by atoms with van der Waals surface area (Å²) in [5, 5.41) is 15.9. The van der Waals surface area contributed by atoms with E-state index in [0.29, 0.717) is 52.9 Å². The van der Waals surface area contributed by atoms with E-state index >= 15 is 0 Å². The van der Waals surface area contributed by atoms with E-state index in [2.05, 4.69) is 20.0 Å². The number of nitrogens with zero attached hydrogens (tertiary/aromatic N) is 6. The van der Waals surface area contributed by atoms with Crippen molar-refractivity contribution in [3.05, 3.63) is 71.3 Å². The predicted molar refractivity (Wildman–Crippen MR) is 143 cm³/mol. The van der Waals surface area contributed by atoms with Crippen molar-refractivity contribution in [2.24, 2.45) is 0 Å². The van der Waals surface area contributed by atoms with Gasteiger partial charge < -0.3 is 14.9 Å². The Morgan fingerprint density at radius 1 is 1.05 bits per heavy atom. The van der Waals surface area contributed by atoms with Crippen LogP contribution in [0.4, 0.5) is 16.2 Å². The third-order valence-corrected chi connectivity index (χ3v) is 9.23. The molecule has 12 heteroatoms. The minimum absolute atomic E-state index is 0.0563. The molecule has 0 amide bonds. The van der Waals surface area contributed by atoms with Crippen molar-refractivity contribution in [2.45, 2.75) is 42.7 Å². The van der Waals surface area contributed by atoms with Crippen LogP contribution >= 0.6 is 11.6 Å². The van der Waals surface area contributed by atoms with E-state index < -0.39 is 21.4 Å². The summed E-state index contributed by atoms with van der Waals surface area (Å²) in [6, 6.07) is 11.3. The Kier molecular flexibility index (Phi) is 5.68. The molecule has 0 unspecified atom stereocenters. The van der Waals surface area contributed by atoms with Crippen LogP contribution in [0.1, 0.15) is 32.3 Å². The molecule has 0 bridgehead atoms. The van der Waals surface area contributed by atoms with Crippen LogP contribution in [0.3, 0.4) is 0 Å². The van der Waals surface area contributed by atoms with Gasteiger partial charge in [0.2, 0.25) is 5.95 Å². The summed E-state index contributed by atoms with van der Waals surface area (Å²) in [6.07, 6.45) is 4.08. The molecule has 1 saturated heterocycles. The first-order valence-corrected chi connectivity index (χ1v) is 14.1. The number of halogens is 2. The fourth-order valence-electron chi connectivity index (χ4n) is 5.11. The normalized spacial score (nSPS) is 17.4. The summed E-state index contributed by atoms with van der Waals surface area (Å²) in [6.45, 7) is 4.97. The average Bonchev–Trinajstić information content (AvgIpc) is 3.52. The molecule has 2 aromatic heterocycles. The standard InChI is InChI=1S/C26H26ClFN6O3S/c1-25(2,35)17-6-8-19(9-7-17)38(36,37)34-21-5-3-4-20(27)22(21)23(31-34)33-13-12-32(16-26(33)10-11-26)24-29-14-18(28)15-30-24/h3-9,14-15,35H,10-13,16H2,1-2H3. The zero-order chi connectivity index (χ0) is 26.9. The Hall–Kier alpha value is -3.28. The Balaban J connectivity index is 1.40. The number of benzene rings is 2. The summed E-state index contributed by atoms with van der Waals surface area (Å²) >= 11 is 6.65. The predicted octanol–water partition coefficient (Wildman–Crippen LogP) is 3.94. The molecular weight excluding hydrogens is 531 g/mol. The largest absolute Gasteiger partial charge is 0.386 e. The van der Waals surface area contributed by atoms with E-state index in [1.807, 2.05) is 4.90 Å². The maximum atomic E-state index is 13.8. The molecule has 1 spiro atoms. The van der Waals surface area contributed by atoms with E-state index in [1.165, 1.54) is 12.1 Å². The highest BCUT2D eigenvalue weighted by molar-refractivity contribution is 7.90. The van der Waals surface area contributed by atoms with Crippen LogP contribution in [0, 0.1) is 5.82 Å². The number of hydrogen-bond donors (Lipinski definition) is 1. The van der Waals surface area contributed by atoms with Crippen molar-refractivity contribution < 1.29 is 17.9 Å². The van der Waals surface area contributed by atoms with Gasteiger partial charge in [0.1, 0.15) is 0 Å². The van der Waals surface area contributed by atoms with Crippen LogP contribution in [-0.2, 0) is 15.6 Å². The summed E-state index contributed by atoms with van der Waals surface area (Å²) in [4.78, 5) is 12.5. The summed E-state index contributed by atoms with van der Waals surface area (Å²) in [5.74, 6) is 0.485. The van der Waals surface area contributed by atoms with Gasteiger partial charge in [-0.1, -0.05) is 29.8 Å². The van der Waals surface area contributed by atoms with Gasteiger partial charge in [-0.15, -0.1) is 5.10 Å². The lowest BCUT2D eigenvalue weighted by atomic mass is 9.99. The lowest BCUT2D eigenvalue weighted by Gasteiger charge is -2.42. The molecule has 198 valence electrons. The number of piperazine rings is 1. The number of anilines is 2. The van der Waals surface area contributed by atoms with Crippen LogP contribution in [0.2, 0.25) is 5.02 Å². The maximum absolute atomic E-state index is 13.8.